The molecule has 1 fully saturated rings. The standard InChI is InChI=1S/C29H33N3O4/c1-32(2)29(35)22-11-15-26(16-12-22)36-25-13-9-21(10-14-25)27(33)30-17-18-31-28(34)24-8-7-20-5-3-4-6-23(20)19-24/h3-10,13-14,19,22,26H,11-12,15-18H2,1-2H3,(H,30,33)(H,31,34)/t22-,26+. The Kier molecular flexibility index (Phi) is 8.21. The lowest BCUT2D eigenvalue weighted by molar-refractivity contribution is -0.134. The van der Waals surface area contributed by atoms with Crippen molar-refractivity contribution in [2.75, 3.05) is 27.2 Å². The second-order valence-corrected chi connectivity index (χ2v) is 9.42. The summed E-state index contributed by atoms with van der Waals surface area (Å²) < 4.78 is 6.07. The summed E-state index contributed by atoms with van der Waals surface area (Å²) in [5, 5.41) is 7.77. The first-order chi connectivity index (χ1) is 17.4. The molecule has 3 aromatic rings. The van der Waals surface area contributed by atoms with Crippen molar-refractivity contribution in [1.82, 2.24) is 15.5 Å². The van der Waals surface area contributed by atoms with Crippen molar-refractivity contribution in [1.29, 1.82) is 0 Å². The van der Waals surface area contributed by atoms with E-state index in [0.29, 0.717) is 24.2 Å². The number of nitrogens with zero attached hydrogens (tertiary/aromatic N) is 1. The summed E-state index contributed by atoms with van der Waals surface area (Å²) in [6, 6.07) is 20.5. The third-order valence-electron chi connectivity index (χ3n) is 6.59. The molecule has 0 saturated heterocycles. The van der Waals surface area contributed by atoms with Crippen molar-refractivity contribution in [3.05, 3.63) is 77.9 Å². The minimum atomic E-state index is -0.204. The molecule has 0 unspecified atom stereocenters. The van der Waals surface area contributed by atoms with Gasteiger partial charge >= 0.3 is 0 Å². The fourth-order valence-electron chi connectivity index (χ4n) is 4.56. The molecule has 1 aliphatic carbocycles. The first-order valence-corrected chi connectivity index (χ1v) is 12.4. The van der Waals surface area contributed by atoms with Gasteiger partial charge in [0.15, 0.2) is 0 Å². The van der Waals surface area contributed by atoms with Gasteiger partial charge in [0.2, 0.25) is 5.91 Å². The number of benzene rings is 3. The van der Waals surface area contributed by atoms with E-state index in [9.17, 15) is 14.4 Å². The average molecular weight is 488 g/mol. The zero-order valence-electron chi connectivity index (χ0n) is 20.8. The predicted molar refractivity (Wildman–Crippen MR) is 140 cm³/mol. The summed E-state index contributed by atoms with van der Waals surface area (Å²) in [5.74, 6) is 0.623. The first kappa shape index (κ1) is 25.2. The zero-order chi connectivity index (χ0) is 25.5. The molecule has 0 spiro atoms. The molecule has 0 radical (unpaired) electrons. The highest BCUT2D eigenvalue weighted by Gasteiger charge is 2.28. The largest absolute Gasteiger partial charge is 0.490 e. The van der Waals surface area contributed by atoms with Gasteiger partial charge in [0, 0.05) is 44.2 Å². The van der Waals surface area contributed by atoms with Crippen molar-refractivity contribution in [2.45, 2.75) is 31.8 Å². The molecule has 2 N–H and O–H groups in total. The highest BCUT2D eigenvalue weighted by molar-refractivity contribution is 5.98. The van der Waals surface area contributed by atoms with Crippen molar-refractivity contribution in [3.8, 4) is 5.75 Å². The predicted octanol–water partition coefficient (Wildman–Crippen LogP) is 4.03. The lowest BCUT2D eigenvalue weighted by Crippen LogP contribution is -2.35. The monoisotopic (exact) mass is 487 g/mol. The highest BCUT2D eigenvalue weighted by Crippen LogP contribution is 2.28. The lowest BCUT2D eigenvalue weighted by atomic mass is 9.86. The molecule has 36 heavy (non-hydrogen) atoms. The van der Waals surface area contributed by atoms with Crippen LogP contribution in [0.2, 0.25) is 0 Å². The van der Waals surface area contributed by atoms with Crippen molar-refractivity contribution in [2.24, 2.45) is 5.92 Å². The molecule has 1 aliphatic rings. The topological polar surface area (TPSA) is 87.7 Å². The van der Waals surface area contributed by atoms with Gasteiger partial charge in [-0.2, -0.15) is 0 Å². The van der Waals surface area contributed by atoms with Gasteiger partial charge in [0.1, 0.15) is 5.75 Å². The number of hydrogen-bond donors (Lipinski definition) is 2. The Morgan fingerprint density at radius 1 is 0.778 bits per heavy atom. The smallest absolute Gasteiger partial charge is 0.251 e. The average Bonchev–Trinajstić information content (AvgIpc) is 2.91. The van der Waals surface area contributed by atoms with E-state index in [4.69, 9.17) is 4.74 Å². The zero-order valence-corrected chi connectivity index (χ0v) is 20.8. The third-order valence-corrected chi connectivity index (χ3v) is 6.59. The molecule has 0 atom stereocenters. The van der Waals surface area contributed by atoms with Crippen molar-refractivity contribution >= 4 is 28.5 Å². The second-order valence-electron chi connectivity index (χ2n) is 9.42. The molecule has 7 heteroatoms. The molecule has 0 heterocycles. The van der Waals surface area contributed by atoms with E-state index in [1.807, 2.05) is 36.4 Å². The van der Waals surface area contributed by atoms with Crippen LogP contribution in [-0.2, 0) is 4.79 Å². The molecule has 0 aliphatic heterocycles. The van der Waals surface area contributed by atoms with Gasteiger partial charge in [-0.25, -0.2) is 0 Å². The Morgan fingerprint density at radius 2 is 1.36 bits per heavy atom. The Balaban J connectivity index is 1.18. The normalized spacial score (nSPS) is 17.3. The molecular weight excluding hydrogens is 454 g/mol. The fraction of sp³-hybridized carbons (Fsp3) is 0.345. The number of ether oxygens (including phenoxy) is 1. The maximum Gasteiger partial charge on any atom is 0.251 e. The number of rotatable bonds is 8. The van der Waals surface area contributed by atoms with Crippen LogP contribution in [0.5, 0.6) is 5.75 Å². The van der Waals surface area contributed by atoms with E-state index in [-0.39, 0.29) is 29.7 Å². The van der Waals surface area contributed by atoms with Gasteiger partial charge in [-0.3, -0.25) is 14.4 Å². The van der Waals surface area contributed by atoms with Crippen LogP contribution in [0.3, 0.4) is 0 Å². The molecule has 188 valence electrons. The summed E-state index contributed by atoms with van der Waals surface area (Å²) in [5.41, 5.74) is 1.12. The summed E-state index contributed by atoms with van der Waals surface area (Å²) >= 11 is 0. The van der Waals surface area contributed by atoms with E-state index in [0.717, 1.165) is 42.2 Å². The number of carbonyl (C=O) groups is 3. The molecular formula is C29H33N3O4. The lowest BCUT2D eigenvalue weighted by Gasteiger charge is -2.29. The summed E-state index contributed by atoms with van der Waals surface area (Å²) in [6.45, 7) is 0.656. The number of carbonyl (C=O) groups excluding carboxylic acids is 3. The Morgan fingerprint density at radius 3 is 2.00 bits per heavy atom. The van der Waals surface area contributed by atoms with E-state index in [1.54, 1.807) is 49.3 Å². The molecule has 0 aromatic heterocycles. The minimum absolute atomic E-state index is 0.0853. The van der Waals surface area contributed by atoms with Gasteiger partial charge in [0.05, 0.1) is 6.10 Å². The highest BCUT2D eigenvalue weighted by atomic mass is 16.5. The molecule has 3 aromatic carbocycles. The molecule has 1 saturated carbocycles. The molecule has 4 rings (SSSR count). The van der Waals surface area contributed by atoms with Gasteiger partial charge < -0.3 is 20.3 Å². The first-order valence-electron chi connectivity index (χ1n) is 12.4. The minimum Gasteiger partial charge on any atom is -0.490 e. The molecule has 3 amide bonds. The number of fused-ring (bicyclic) bond motifs is 1. The van der Waals surface area contributed by atoms with Crippen molar-refractivity contribution < 1.29 is 19.1 Å². The van der Waals surface area contributed by atoms with E-state index >= 15 is 0 Å². The number of nitrogens with one attached hydrogen (secondary N) is 2. The van der Waals surface area contributed by atoms with Crippen LogP contribution in [0.1, 0.15) is 46.4 Å². The van der Waals surface area contributed by atoms with E-state index < -0.39 is 0 Å². The Hall–Kier alpha value is -3.87. The van der Waals surface area contributed by atoms with E-state index in [1.165, 1.54) is 0 Å². The van der Waals surface area contributed by atoms with Crippen LogP contribution in [0, 0.1) is 5.92 Å². The van der Waals surface area contributed by atoms with E-state index in [2.05, 4.69) is 10.6 Å². The second kappa shape index (κ2) is 11.7. The van der Waals surface area contributed by atoms with Crippen molar-refractivity contribution in [3.63, 3.8) is 0 Å². The fourth-order valence-corrected chi connectivity index (χ4v) is 4.56. The SMILES string of the molecule is CN(C)C(=O)[C@H]1CC[C@@H](Oc2ccc(C(=O)NCCNC(=O)c3ccc4ccccc4c3)cc2)CC1. The summed E-state index contributed by atoms with van der Waals surface area (Å²) in [6.07, 6.45) is 3.44. The molecule has 0 bridgehead atoms. The van der Waals surface area contributed by atoms with Crippen LogP contribution >= 0.6 is 0 Å². The van der Waals surface area contributed by atoms with Gasteiger partial charge in [-0.15, -0.1) is 0 Å². The van der Waals surface area contributed by atoms with Crippen LogP contribution < -0.4 is 15.4 Å². The van der Waals surface area contributed by atoms with Crippen LogP contribution in [-0.4, -0.2) is 55.9 Å². The maximum atomic E-state index is 12.5. The quantitative estimate of drug-likeness (QED) is 0.470. The number of hydrogen-bond acceptors (Lipinski definition) is 4. The van der Waals surface area contributed by atoms with Gasteiger partial charge in [-0.05, 0) is 72.9 Å². The maximum absolute atomic E-state index is 12.5. The van der Waals surface area contributed by atoms with Crippen LogP contribution in [0.25, 0.3) is 10.8 Å². The van der Waals surface area contributed by atoms with Crippen LogP contribution in [0.15, 0.2) is 66.7 Å². The number of amides is 3. The van der Waals surface area contributed by atoms with Gasteiger partial charge in [0.25, 0.3) is 11.8 Å². The Labute approximate surface area is 211 Å². The Bertz CT molecular complexity index is 1210. The summed E-state index contributed by atoms with van der Waals surface area (Å²) in [4.78, 5) is 38.7. The molecule has 7 nitrogen and oxygen atoms in total. The summed E-state index contributed by atoms with van der Waals surface area (Å²) in [7, 11) is 3.59. The third kappa shape index (κ3) is 6.42. The van der Waals surface area contributed by atoms with Gasteiger partial charge in [-0.1, -0.05) is 30.3 Å². The van der Waals surface area contributed by atoms with Crippen LogP contribution in [0.4, 0.5) is 0 Å².